The third kappa shape index (κ3) is 9.73. The van der Waals surface area contributed by atoms with Gasteiger partial charge in [-0.05, 0) is 0 Å². The molecule has 0 atom stereocenters. The quantitative estimate of drug-likeness (QED) is 0.265. The van der Waals surface area contributed by atoms with Crippen LogP contribution in [0.25, 0.3) is 0 Å². The van der Waals surface area contributed by atoms with Gasteiger partial charge in [0, 0.05) is 0 Å². The number of hydrogen-bond donors (Lipinski definition) is 1. The first-order valence-electron chi connectivity index (χ1n) is 1.68. The van der Waals surface area contributed by atoms with E-state index in [1.165, 1.54) is 0 Å². The summed E-state index contributed by atoms with van der Waals surface area (Å²) in [6.07, 6.45) is 0. The van der Waals surface area contributed by atoms with E-state index >= 15 is 0 Å². The summed E-state index contributed by atoms with van der Waals surface area (Å²) >= 11 is 0. The number of carboxylic acids is 1. The Hall–Kier alpha value is 0.535. The summed E-state index contributed by atoms with van der Waals surface area (Å²) in [4.78, 5) is 9.66. The normalized spacial score (nSPS) is 5.75. The van der Waals surface area contributed by atoms with Crippen LogP contribution in [0.4, 0.5) is 0 Å². The fraction of sp³-hybridized carbons (Fsp3) is 0.500. The van der Waals surface area contributed by atoms with E-state index in [4.69, 9.17) is 5.11 Å². The standard InChI is InChI=1S/C4H7O2.2Li.H/c1-3(2)4(5)6;;;/h1-2H3,(H,5,6);;;/q-1;2*+1;-1. The van der Waals surface area contributed by atoms with Crippen molar-refractivity contribution >= 4 is 5.97 Å². The molecule has 0 aromatic carbocycles. The Labute approximate surface area is 74.9 Å². The van der Waals surface area contributed by atoms with Crippen molar-refractivity contribution in [3.8, 4) is 0 Å². The average molecular weight is 102 g/mol. The Morgan fingerprint density at radius 3 is 1.62 bits per heavy atom. The molecule has 0 heterocycles. The van der Waals surface area contributed by atoms with Crippen LogP contribution in [0.3, 0.4) is 0 Å². The molecule has 0 aliphatic heterocycles. The number of carboxylic acid groups (broad SMARTS) is 1. The van der Waals surface area contributed by atoms with Crippen molar-refractivity contribution in [2.75, 3.05) is 0 Å². The zero-order valence-corrected chi connectivity index (χ0v) is 5.86. The Balaban J connectivity index is -0.0000000417. The molecule has 1 N–H and O–H groups in total. The summed E-state index contributed by atoms with van der Waals surface area (Å²) in [5, 5.41) is 7.95. The second kappa shape index (κ2) is 7.53. The minimum atomic E-state index is -0.824. The Morgan fingerprint density at radius 2 is 1.62 bits per heavy atom. The largest absolute Gasteiger partial charge is 1.00 e. The van der Waals surface area contributed by atoms with Gasteiger partial charge in [0.05, 0.1) is 0 Å². The summed E-state index contributed by atoms with van der Waals surface area (Å²) in [5.41, 5.74) is 0. The van der Waals surface area contributed by atoms with Crippen LogP contribution >= 0.6 is 0 Å². The Bertz CT molecular complexity index is 67.6. The van der Waals surface area contributed by atoms with Crippen molar-refractivity contribution in [3.63, 3.8) is 0 Å². The molecule has 0 amide bonds. The number of carbonyl (C=O) groups is 1. The van der Waals surface area contributed by atoms with E-state index < -0.39 is 5.97 Å². The maximum absolute atomic E-state index is 9.66. The van der Waals surface area contributed by atoms with Crippen molar-refractivity contribution in [2.45, 2.75) is 13.8 Å². The molecular weight excluding hydrogens is 93.9 g/mol. The summed E-state index contributed by atoms with van der Waals surface area (Å²) < 4.78 is 0. The fourth-order valence-corrected chi connectivity index (χ4v) is 0. The molecule has 0 aromatic heterocycles. The van der Waals surface area contributed by atoms with Gasteiger partial charge in [0.25, 0.3) is 0 Å². The summed E-state index contributed by atoms with van der Waals surface area (Å²) in [6.45, 7) is 3.12. The molecule has 2 nitrogen and oxygen atoms in total. The van der Waals surface area contributed by atoms with Crippen LogP contribution in [0, 0.1) is 5.92 Å². The van der Waals surface area contributed by atoms with Crippen LogP contribution in [0.2, 0.25) is 0 Å². The van der Waals surface area contributed by atoms with E-state index in [2.05, 4.69) is 0 Å². The Kier molecular flexibility index (Phi) is 14.9. The molecule has 0 spiro atoms. The van der Waals surface area contributed by atoms with Gasteiger partial charge >= 0.3 is 37.7 Å². The minimum absolute atomic E-state index is 0. The molecule has 0 aliphatic rings. The molecule has 0 bridgehead atoms. The molecule has 0 radical (unpaired) electrons. The number of aliphatic carboxylic acids is 1. The van der Waals surface area contributed by atoms with Gasteiger partial charge in [-0.15, -0.1) is 0 Å². The SMILES string of the molecule is C[C-](C)C(=O)O.[H-].[Li+].[Li+]. The van der Waals surface area contributed by atoms with Crippen LogP contribution in [0.1, 0.15) is 15.3 Å². The van der Waals surface area contributed by atoms with E-state index in [-0.39, 0.29) is 39.1 Å². The fourth-order valence-electron chi connectivity index (χ4n) is 0. The predicted octanol–water partition coefficient (Wildman–Crippen LogP) is -5.19. The van der Waals surface area contributed by atoms with E-state index in [0.29, 0.717) is 5.92 Å². The first-order chi connectivity index (χ1) is 2.64. The monoisotopic (exact) mass is 102 g/mol. The molecule has 0 saturated carbocycles. The molecule has 0 fully saturated rings. The van der Waals surface area contributed by atoms with Gasteiger partial charge in [0.2, 0.25) is 0 Å². The van der Waals surface area contributed by atoms with Gasteiger partial charge in [-0.3, -0.25) is 10.7 Å². The third-order valence-corrected chi connectivity index (χ3v) is 0.428. The molecule has 0 aliphatic carbocycles. The van der Waals surface area contributed by atoms with Crippen LogP contribution in [0.5, 0.6) is 0 Å². The molecule has 0 saturated heterocycles. The second-order valence-electron chi connectivity index (χ2n) is 1.31. The second-order valence-corrected chi connectivity index (χ2v) is 1.31. The molecule has 0 rings (SSSR count). The maximum Gasteiger partial charge on any atom is 1.00 e. The van der Waals surface area contributed by atoms with Gasteiger partial charge in [-0.25, -0.2) is 0 Å². The van der Waals surface area contributed by atoms with Crippen molar-refractivity contribution in [1.82, 2.24) is 0 Å². The average Bonchev–Trinajstić information content (AvgIpc) is 1.36. The van der Waals surface area contributed by atoms with Crippen molar-refractivity contribution in [2.24, 2.45) is 0 Å². The zero-order chi connectivity index (χ0) is 5.15. The molecular formula is C4H8Li2O2. The van der Waals surface area contributed by atoms with Crippen molar-refractivity contribution < 1.29 is 49.0 Å². The molecule has 0 unspecified atom stereocenters. The molecule has 4 heteroatoms. The van der Waals surface area contributed by atoms with Gasteiger partial charge in [-0.1, -0.05) is 0 Å². The minimum Gasteiger partial charge on any atom is -1.00 e. The topological polar surface area (TPSA) is 37.3 Å². The van der Waals surface area contributed by atoms with E-state index in [1.54, 1.807) is 13.8 Å². The predicted molar refractivity (Wildman–Crippen MR) is 23.3 cm³/mol. The molecule has 38 valence electrons. The van der Waals surface area contributed by atoms with Gasteiger partial charge in [0.1, 0.15) is 0 Å². The third-order valence-electron chi connectivity index (χ3n) is 0.428. The van der Waals surface area contributed by atoms with E-state index in [9.17, 15) is 4.79 Å². The van der Waals surface area contributed by atoms with Crippen LogP contribution < -0.4 is 37.7 Å². The Morgan fingerprint density at radius 1 is 1.50 bits per heavy atom. The first-order valence-corrected chi connectivity index (χ1v) is 1.68. The van der Waals surface area contributed by atoms with Crippen LogP contribution in [0.15, 0.2) is 0 Å². The smallest absolute Gasteiger partial charge is 1.00 e. The van der Waals surface area contributed by atoms with Gasteiger partial charge in [0.15, 0.2) is 5.97 Å². The van der Waals surface area contributed by atoms with Gasteiger partial charge in [-0.2, -0.15) is 13.8 Å². The van der Waals surface area contributed by atoms with Gasteiger partial charge < -0.3 is 6.53 Å². The van der Waals surface area contributed by atoms with Crippen molar-refractivity contribution in [1.29, 1.82) is 0 Å². The van der Waals surface area contributed by atoms with E-state index in [1.807, 2.05) is 0 Å². The zero-order valence-electron chi connectivity index (χ0n) is 6.86. The number of rotatable bonds is 1. The van der Waals surface area contributed by atoms with E-state index in [0.717, 1.165) is 0 Å². The molecule has 0 aromatic rings. The summed E-state index contributed by atoms with van der Waals surface area (Å²) in [6, 6.07) is 0. The first kappa shape index (κ1) is 15.8. The molecule has 8 heavy (non-hydrogen) atoms. The summed E-state index contributed by atoms with van der Waals surface area (Å²) in [7, 11) is 0. The van der Waals surface area contributed by atoms with Crippen LogP contribution in [-0.4, -0.2) is 11.1 Å². The number of hydrogen-bond acceptors (Lipinski definition) is 1. The van der Waals surface area contributed by atoms with Crippen LogP contribution in [-0.2, 0) is 4.79 Å². The summed E-state index contributed by atoms with van der Waals surface area (Å²) in [5.74, 6) is -0.398. The van der Waals surface area contributed by atoms with Crippen molar-refractivity contribution in [3.05, 3.63) is 5.92 Å². The maximum atomic E-state index is 9.66.